The normalized spacial score (nSPS) is 13.0. The van der Waals surface area contributed by atoms with Crippen LogP contribution in [0.4, 0.5) is 17.5 Å². The van der Waals surface area contributed by atoms with Gasteiger partial charge in [-0.25, -0.2) is 4.79 Å². The molecule has 27 heavy (non-hydrogen) atoms. The van der Waals surface area contributed by atoms with E-state index < -0.39 is 0 Å². The number of methoxy groups -OCH3 is 1. The zero-order valence-electron chi connectivity index (χ0n) is 14.9. The van der Waals surface area contributed by atoms with Gasteiger partial charge in [0.25, 0.3) is 0 Å². The number of nitrogens with zero attached hydrogens (tertiary/aromatic N) is 4. The van der Waals surface area contributed by atoms with Crippen molar-refractivity contribution in [2.45, 2.75) is 13.0 Å². The Labute approximate surface area is 157 Å². The first kappa shape index (κ1) is 17.0. The van der Waals surface area contributed by atoms with Crippen LogP contribution in [0, 0.1) is 0 Å². The van der Waals surface area contributed by atoms with E-state index in [9.17, 15) is 4.79 Å². The Morgan fingerprint density at radius 1 is 1.11 bits per heavy atom. The zero-order chi connectivity index (χ0) is 18.6. The minimum atomic E-state index is -0.363. The van der Waals surface area contributed by atoms with Gasteiger partial charge in [0.05, 0.1) is 18.9 Å². The Hall–Kier alpha value is -3.48. The molecule has 4 rings (SSSR count). The molecule has 0 saturated heterocycles. The standard InChI is InChI=1S/C20H19N5O2/c1-27-19(26)15-6-8-17(9-7-15)22-18-12-21-24-20(23-18)25-11-10-14-4-2-3-5-16(14)13-25/h2-9,12H,10-11,13H2,1H3,(H,22,23,24). The van der Waals surface area contributed by atoms with Crippen LogP contribution in [0.2, 0.25) is 0 Å². The molecule has 7 heteroatoms. The summed E-state index contributed by atoms with van der Waals surface area (Å²) in [5, 5.41) is 11.5. The molecule has 0 spiro atoms. The van der Waals surface area contributed by atoms with Gasteiger partial charge in [-0.3, -0.25) is 0 Å². The summed E-state index contributed by atoms with van der Waals surface area (Å²) in [5.41, 5.74) is 3.97. The van der Waals surface area contributed by atoms with Crippen LogP contribution in [0.5, 0.6) is 0 Å². The fourth-order valence-electron chi connectivity index (χ4n) is 3.11. The average Bonchev–Trinajstić information content (AvgIpc) is 2.73. The van der Waals surface area contributed by atoms with Crippen LogP contribution >= 0.6 is 0 Å². The van der Waals surface area contributed by atoms with Crippen molar-refractivity contribution >= 4 is 23.4 Å². The summed E-state index contributed by atoms with van der Waals surface area (Å²) in [7, 11) is 1.36. The van der Waals surface area contributed by atoms with Crippen LogP contribution in [0.15, 0.2) is 54.7 Å². The molecule has 0 atom stereocenters. The minimum Gasteiger partial charge on any atom is -0.465 e. The molecule has 2 heterocycles. The number of rotatable bonds is 4. The maximum absolute atomic E-state index is 11.5. The van der Waals surface area contributed by atoms with Crippen molar-refractivity contribution in [3.8, 4) is 0 Å². The molecule has 1 N–H and O–H groups in total. The zero-order valence-corrected chi connectivity index (χ0v) is 14.9. The summed E-state index contributed by atoms with van der Waals surface area (Å²) in [6.07, 6.45) is 2.54. The summed E-state index contributed by atoms with van der Waals surface area (Å²) in [6.45, 7) is 1.63. The van der Waals surface area contributed by atoms with Gasteiger partial charge in [-0.15, -0.1) is 5.10 Å². The number of aromatic nitrogens is 3. The number of carbonyl (C=O) groups is 1. The second kappa shape index (κ2) is 7.41. The number of esters is 1. The van der Waals surface area contributed by atoms with Gasteiger partial charge in [0.15, 0.2) is 5.82 Å². The van der Waals surface area contributed by atoms with E-state index in [4.69, 9.17) is 4.74 Å². The molecule has 1 aliphatic rings. The van der Waals surface area contributed by atoms with Crippen molar-refractivity contribution in [2.75, 3.05) is 23.9 Å². The van der Waals surface area contributed by atoms with E-state index in [1.165, 1.54) is 18.2 Å². The highest BCUT2D eigenvalue weighted by atomic mass is 16.5. The van der Waals surface area contributed by atoms with E-state index in [1.807, 2.05) is 0 Å². The molecule has 7 nitrogen and oxygen atoms in total. The van der Waals surface area contributed by atoms with Gasteiger partial charge >= 0.3 is 5.97 Å². The molecule has 1 aliphatic heterocycles. The Kier molecular flexibility index (Phi) is 4.65. The lowest BCUT2D eigenvalue weighted by Crippen LogP contribution is -2.32. The number of nitrogens with one attached hydrogen (secondary N) is 1. The summed E-state index contributed by atoms with van der Waals surface area (Å²) in [5.74, 6) is 0.836. The molecule has 0 saturated carbocycles. The Balaban J connectivity index is 1.49. The van der Waals surface area contributed by atoms with Crippen molar-refractivity contribution < 1.29 is 9.53 Å². The fourth-order valence-corrected chi connectivity index (χ4v) is 3.11. The maximum Gasteiger partial charge on any atom is 0.337 e. The molecule has 3 aromatic rings. The van der Waals surface area contributed by atoms with Crippen LogP contribution in [-0.2, 0) is 17.7 Å². The topological polar surface area (TPSA) is 80.2 Å². The molecular formula is C20H19N5O2. The van der Waals surface area contributed by atoms with Gasteiger partial charge in [0.2, 0.25) is 5.95 Å². The van der Waals surface area contributed by atoms with Crippen LogP contribution in [0.1, 0.15) is 21.5 Å². The number of ether oxygens (including phenoxy) is 1. The predicted molar refractivity (Wildman–Crippen MR) is 102 cm³/mol. The van der Waals surface area contributed by atoms with Crippen molar-refractivity contribution in [3.05, 3.63) is 71.4 Å². The average molecular weight is 361 g/mol. The van der Waals surface area contributed by atoms with Gasteiger partial charge in [0, 0.05) is 18.8 Å². The quantitative estimate of drug-likeness (QED) is 0.716. The van der Waals surface area contributed by atoms with Gasteiger partial charge in [-0.2, -0.15) is 10.1 Å². The summed E-state index contributed by atoms with van der Waals surface area (Å²) < 4.78 is 4.71. The van der Waals surface area contributed by atoms with Crippen molar-refractivity contribution in [2.24, 2.45) is 0 Å². The monoisotopic (exact) mass is 361 g/mol. The predicted octanol–water partition coefficient (Wildman–Crippen LogP) is 2.96. The molecule has 0 amide bonds. The number of hydrogen-bond donors (Lipinski definition) is 1. The van der Waals surface area contributed by atoms with Crippen LogP contribution < -0.4 is 10.2 Å². The molecule has 0 unspecified atom stereocenters. The molecule has 0 radical (unpaired) electrons. The van der Waals surface area contributed by atoms with Crippen LogP contribution in [0.25, 0.3) is 0 Å². The van der Waals surface area contributed by atoms with E-state index in [-0.39, 0.29) is 5.97 Å². The Morgan fingerprint density at radius 2 is 1.89 bits per heavy atom. The molecule has 1 aromatic heterocycles. The second-order valence-corrected chi connectivity index (χ2v) is 6.28. The largest absolute Gasteiger partial charge is 0.465 e. The van der Waals surface area contributed by atoms with Crippen LogP contribution in [-0.4, -0.2) is 34.8 Å². The van der Waals surface area contributed by atoms with Crippen molar-refractivity contribution in [3.63, 3.8) is 0 Å². The lowest BCUT2D eigenvalue weighted by molar-refractivity contribution is 0.0601. The van der Waals surface area contributed by atoms with Crippen LogP contribution in [0.3, 0.4) is 0 Å². The molecular weight excluding hydrogens is 342 g/mol. The number of carbonyl (C=O) groups excluding carboxylic acids is 1. The van der Waals surface area contributed by atoms with Gasteiger partial charge < -0.3 is 15.0 Å². The summed E-state index contributed by atoms with van der Waals surface area (Å²) >= 11 is 0. The van der Waals surface area contributed by atoms with Gasteiger partial charge in [-0.05, 0) is 41.8 Å². The molecule has 136 valence electrons. The first-order chi connectivity index (χ1) is 13.2. The third-order valence-electron chi connectivity index (χ3n) is 4.54. The van der Waals surface area contributed by atoms with E-state index in [0.717, 1.165) is 25.2 Å². The first-order valence-corrected chi connectivity index (χ1v) is 8.70. The van der Waals surface area contributed by atoms with Gasteiger partial charge in [-0.1, -0.05) is 24.3 Å². The number of anilines is 3. The minimum absolute atomic E-state index is 0.363. The maximum atomic E-state index is 11.5. The second-order valence-electron chi connectivity index (χ2n) is 6.28. The summed E-state index contributed by atoms with van der Waals surface area (Å²) in [4.78, 5) is 18.2. The Morgan fingerprint density at radius 3 is 2.67 bits per heavy atom. The first-order valence-electron chi connectivity index (χ1n) is 8.70. The molecule has 0 fully saturated rings. The lowest BCUT2D eigenvalue weighted by Gasteiger charge is -2.28. The molecule has 2 aromatic carbocycles. The summed E-state index contributed by atoms with van der Waals surface area (Å²) in [6, 6.07) is 15.4. The highest BCUT2D eigenvalue weighted by molar-refractivity contribution is 5.89. The number of fused-ring (bicyclic) bond motifs is 1. The highest BCUT2D eigenvalue weighted by Crippen LogP contribution is 2.23. The highest BCUT2D eigenvalue weighted by Gasteiger charge is 2.18. The smallest absolute Gasteiger partial charge is 0.337 e. The van der Waals surface area contributed by atoms with E-state index in [0.29, 0.717) is 17.3 Å². The Bertz CT molecular complexity index is 959. The molecule has 0 aliphatic carbocycles. The van der Waals surface area contributed by atoms with E-state index in [2.05, 4.69) is 49.7 Å². The fraction of sp³-hybridized carbons (Fsp3) is 0.200. The van der Waals surface area contributed by atoms with E-state index in [1.54, 1.807) is 30.5 Å². The SMILES string of the molecule is COC(=O)c1ccc(Nc2cnnc(N3CCc4ccccc4C3)n2)cc1. The lowest BCUT2D eigenvalue weighted by atomic mass is 10.0. The van der Waals surface area contributed by atoms with Crippen molar-refractivity contribution in [1.82, 2.24) is 15.2 Å². The third kappa shape index (κ3) is 3.72. The van der Waals surface area contributed by atoms with E-state index >= 15 is 0 Å². The van der Waals surface area contributed by atoms with Gasteiger partial charge in [0.1, 0.15) is 0 Å². The number of hydrogen-bond acceptors (Lipinski definition) is 7. The molecule has 0 bridgehead atoms. The van der Waals surface area contributed by atoms with Crippen molar-refractivity contribution in [1.29, 1.82) is 0 Å². The third-order valence-corrected chi connectivity index (χ3v) is 4.54. The number of benzene rings is 2.